The summed E-state index contributed by atoms with van der Waals surface area (Å²) >= 11 is 3.01. The molecule has 1 aromatic carbocycles. The standard InChI is InChI=1S/C9H8BrFN2O2/c10-7-2-1-3-8(9(7)11)13-6(5-14)4-12-15/h1-6,13,15H/b12-4+. The molecule has 2 N–H and O–H groups in total. The number of nitrogens with zero attached hydrogens (tertiary/aromatic N) is 1. The third kappa shape index (κ3) is 3.02. The highest BCUT2D eigenvalue weighted by atomic mass is 79.9. The minimum absolute atomic E-state index is 0.154. The van der Waals surface area contributed by atoms with Gasteiger partial charge in [-0.3, -0.25) is 0 Å². The first-order valence-corrected chi connectivity index (χ1v) is 4.81. The number of carbonyl (C=O) groups excluding carboxylic acids is 1. The maximum absolute atomic E-state index is 13.4. The van der Waals surface area contributed by atoms with Crippen LogP contribution in [0.4, 0.5) is 10.1 Å². The number of rotatable bonds is 4. The molecule has 1 aromatic rings. The van der Waals surface area contributed by atoms with E-state index < -0.39 is 11.9 Å². The van der Waals surface area contributed by atoms with Crippen LogP contribution in [0.1, 0.15) is 0 Å². The summed E-state index contributed by atoms with van der Waals surface area (Å²) in [4.78, 5) is 10.5. The lowest BCUT2D eigenvalue weighted by atomic mass is 10.2. The Balaban J connectivity index is 2.88. The molecule has 0 bridgehead atoms. The van der Waals surface area contributed by atoms with Crippen molar-refractivity contribution in [2.75, 3.05) is 5.32 Å². The van der Waals surface area contributed by atoms with E-state index in [-0.39, 0.29) is 10.2 Å². The summed E-state index contributed by atoms with van der Waals surface area (Å²) in [7, 11) is 0. The highest BCUT2D eigenvalue weighted by Crippen LogP contribution is 2.22. The van der Waals surface area contributed by atoms with Crippen LogP contribution >= 0.6 is 15.9 Å². The third-order valence-corrected chi connectivity index (χ3v) is 2.26. The number of oxime groups is 1. The summed E-state index contributed by atoms with van der Waals surface area (Å²) < 4.78 is 13.7. The van der Waals surface area contributed by atoms with Crippen LogP contribution in [-0.4, -0.2) is 23.7 Å². The number of carbonyl (C=O) groups is 1. The van der Waals surface area contributed by atoms with Gasteiger partial charge in [0, 0.05) is 0 Å². The first-order valence-electron chi connectivity index (χ1n) is 4.02. The van der Waals surface area contributed by atoms with Gasteiger partial charge in [0.1, 0.15) is 12.3 Å². The monoisotopic (exact) mass is 274 g/mol. The van der Waals surface area contributed by atoms with Crippen molar-refractivity contribution < 1.29 is 14.4 Å². The predicted molar refractivity (Wildman–Crippen MR) is 57.9 cm³/mol. The van der Waals surface area contributed by atoms with Crippen LogP contribution in [-0.2, 0) is 4.79 Å². The molecule has 0 aliphatic rings. The van der Waals surface area contributed by atoms with Gasteiger partial charge in [-0.15, -0.1) is 0 Å². The molecule has 0 heterocycles. The minimum atomic E-state index is -0.862. The van der Waals surface area contributed by atoms with Crippen LogP contribution in [0.15, 0.2) is 27.8 Å². The SMILES string of the molecule is O=CC(/C=N/O)Nc1cccc(Br)c1F. The van der Waals surface area contributed by atoms with Gasteiger partial charge in [-0.2, -0.15) is 0 Å². The second-order valence-corrected chi connectivity index (χ2v) is 3.53. The molecule has 0 aliphatic carbocycles. The average Bonchev–Trinajstić information content (AvgIpc) is 2.24. The molecule has 0 amide bonds. The molecule has 0 fully saturated rings. The zero-order valence-electron chi connectivity index (χ0n) is 7.52. The van der Waals surface area contributed by atoms with Crippen molar-refractivity contribution in [3.63, 3.8) is 0 Å². The zero-order chi connectivity index (χ0) is 11.3. The smallest absolute Gasteiger partial charge is 0.160 e. The van der Waals surface area contributed by atoms with E-state index in [2.05, 4.69) is 26.4 Å². The average molecular weight is 275 g/mol. The molecule has 4 nitrogen and oxygen atoms in total. The summed E-state index contributed by atoms with van der Waals surface area (Å²) in [5.74, 6) is -0.504. The molecule has 0 aliphatic heterocycles. The Morgan fingerprint density at radius 2 is 2.33 bits per heavy atom. The second kappa shape index (κ2) is 5.45. The van der Waals surface area contributed by atoms with E-state index >= 15 is 0 Å². The van der Waals surface area contributed by atoms with E-state index in [1.54, 1.807) is 6.07 Å². The van der Waals surface area contributed by atoms with Crippen molar-refractivity contribution >= 4 is 34.1 Å². The van der Waals surface area contributed by atoms with Crippen LogP contribution in [0.3, 0.4) is 0 Å². The Hall–Kier alpha value is -1.43. The van der Waals surface area contributed by atoms with E-state index in [1.807, 2.05) is 0 Å². The van der Waals surface area contributed by atoms with Crippen molar-refractivity contribution in [3.05, 3.63) is 28.5 Å². The molecule has 0 spiro atoms. The van der Waals surface area contributed by atoms with Gasteiger partial charge >= 0.3 is 0 Å². The number of benzene rings is 1. The van der Waals surface area contributed by atoms with E-state index in [0.29, 0.717) is 6.29 Å². The number of hydrogen-bond donors (Lipinski definition) is 2. The van der Waals surface area contributed by atoms with E-state index in [0.717, 1.165) is 6.21 Å². The first kappa shape index (κ1) is 11.6. The van der Waals surface area contributed by atoms with Gasteiger partial charge in [-0.25, -0.2) is 4.39 Å². The van der Waals surface area contributed by atoms with Crippen molar-refractivity contribution in [2.45, 2.75) is 6.04 Å². The fourth-order valence-electron chi connectivity index (χ4n) is 0.973. The Morgan fingerprint density at radius 3 is 2.93 bits per heavy atom. The molecule has 1 rings (SSSR count). The van der Waals surface area contributed by atoms with Gasteiger partial charge in [-0.1, -0.05) is 11.2 Å². The highest BCUT2D eigenvalue weighted by molar-refractivity contribution is 9.10. The predicted octanol–water partition coefficient (Wildman–Crippen LogP) is 2.03. The number of anilines is 1. The molecule has 1 unspecified atom stereocenters. The van der Waals surface area contributed by atoms with Crippen molar-refractivity contribution in [1.82, 2.24) is 0 Å². The largest absolute Gasteiger partial charge is 0.411 e. The molecule has 0 aromatic heterocycles. The van der Waals surface area contributed by atoms with Crippen LogP contribution in [0.2, 0.25) is 0 Å². The third-order valence-electron chi connectivity index (χ3n) is 1.65. The Kier molecular flexibility index (Phi) is 4.23. The zero-order valence-corrected chi connectivity index (χ0v) is 9.11. The summed E-state index contributed by atoms with van der Waals surface area (Å²) in [6, 6.07) is 3.77. The van der Waals surface area contributed by atoms with E-state index in [1.165, 1.54) is 12.1 Å². The van der Waals surface area contributed by atoms with Gasteiger partial charge in [0.2, 0.25) is 0 Å². The molecule has 6 heteroatoms. The fourth-order valence-corrected chi connectivity index (χ4v) is 1.34. The lowest BCUT2D eigenvalue weighted by molar-refractivity contribution is -0.107. The summed E-state index contributed by atoms with van der Waals surface area (Å²) in [6.45, 7) is 0. The molecular weight excluding hydrogens is 267 g/mol. The molecule has 15 heavy (non-hydrogen) atoms. The molecular formula is C9H8BrFN2O2. The molecule has 1 atom stereocenters. The van der Waals surface area contributed by atoms with Crippen LogP contribution in [0.5, 0.6) is 0 Å². The van der Waals surface area contributed by atoms with Crippen molar-refractivity contribution in [1.29, 1.82) is 0 Å². The summed E-state index contributed by atoms with van der Waals surface area (Å²) in [5.41, 5.74) is 0.154. The van der Waals surface area contributed by atoms with E-state index in [4.69, 9.17) is 5.21 Å². The lowest BCUT2D eigenvalue weighted by Crippen LogP contribution is -2.23. The molecule has 0 radical (unpaired) electrons. The minimum Gasteiger partial charge on any atom is -0.411 e. The first-order chi connectivity index (χ1) is 7.19. The van der Waals surface area contributed by atoms with Gasteiger partial charge in [0.25, 0.3) is 0 Å². The number of aldehydes is 1. The Bertz CT molecular complexity index is 384. The summed E-state index contributed by atoms with van der Waals surface area (Å²) in [5, 5.41) is 13.5. The fraction of sp³-hybridized carbons (Fsp3) is 0.111. The van der Waals surface area contributed by atoms with Gasteiger partial charge in [0.15, 0.2) is 5.82 Å². The Labute approximate surface area is 93.9 Å². The van der Waals surface area contributed by atoms with Gasteiger partial charge in [0.05, 0.1) is 16.4 Å². The summed E-state index contributed by atoms with van der Waals surface area (Å²) in [6.07, 6.45) is 1.47. The molecule has 0 saturated heterocycles. The maximum atomic E-state index is 13.4. The van der Waals surface area contributed by atoms with Crippen LogP contribution in [0, 0.1) is 5.82 Å². The van der Waals surface area contributed by atoms with Crippen molar-refractivity contribution in [3.8, 4) is 0 Å². The number of nitrogens with one attached hydrogen (secondary N) is 1. The van der Waals surface area contributed by atoms with E-state index in [9.17, 15) is 9.18 Å². The molecule has 0 saturated carbocycles. The number of halogens is 2. The topological polar surface area (TPSA) is 61.7 Å². The van der Waals surface area contributed by atoms with Crippen LogP contribution in [0.25, 0.3) is 0 Å². The van der Waals surface area contributed by atoms with Gasteiger partial charge in [-0.05, 0) is 28.1 Å². The number of hydrogen-bond acceptors (Lipinski definition) is 4. The van der Waals surface area contributed by atoms with Crippen LogP contribution < -0.4 is 5.32 Å². The van der Waals surface area contributed by atoms with Gasteiger partial charge < -0.3 is 15.3 Å². The normalized spacial score (nSPS) is 12.7. The lowest BCUT2D eigenvalue weighted by Gasteiger charge is -2.10. The maximum Gasteiger partial charge on any atom is 0.160 e. The second-order valence-electron chi connectivity index (χ2n) is 2.67. The quantitative estimate of drug-likeness (QED) is 0.382. The Morgan fingerprint density at radius 1 is 1.60 bits per heavy atom. The highest BCUT2D eigenvalue weighted by Gasteiger charge is 2.09. The van der Waals surface area contributed by atoms with Crippen molar-refractivity contribution in [2.24, 2.45) is 5.16 Å². The molecule has 80 valence electrons.